The summed E-state index contributed by atoms with van der Waals surface area (Å²) in [6, 6.07) is 15.3. The molecule has 2 aromatic rings. The van der Waals surface area contributed by atoms with Crippen molar-refractivity contribution in [3.05, 3.63) is 71.8 Å². The van der Waals surface area contributed by atoms with Crippen molar-refractivity contribution < 1.29 is 14.6 Å². The van der Waals surface area contributed by atoms with Gasteiger partial charge in [-0.25, -0.2) is 4.79 Å². The lowest BCUT2D eigenvalue weighted by Gasteiger charge is -2.29. The predicted molar refractivity (Wildman–Crippen MR) is 135 cm³/mol. The number of rotatable bonds is 5. The summed E-state index contributed by atoms with van der Waals surface area (Å²) in [7, 11) is 0. The lowest BCUT2D eigenvalue weighted by atomic mass is 9.83. The van der Waals surface area contributed by atoms with E-state index >= 15 is 0 Å². The van der Waals surface area contributed by atoms with Gasteiger partial charge in [-0.1, -0.05) is 57.2 Å². The Morgan fingerprint density at radius 3 is 2.39 bits per heavy atom. The van der Waals surface area contributed by atoms with Gasteiger partial charge in [-0.15, -0.1) is 0 Å². The molecule has 4 heteroatoms. The minimum Gasteiger partial charge on any atom is -0.464 e. The molecule has 2 aromatic carbocycles. The highest BCUT2D eigenvalue weighted by Crippen LogP contribution is 2.38. The SMILES string of the molecule is CCOC(=O)C1(O)C=CC(c2cccc(-c3ccc(N4CCCC4)c(C(C)(C)C)c3)c2)=CC1. The van der Waals surface area contributed by atoms with Gasteiger partial charge in [-0.2, -0.15) is 0 Å². The maximum absolute atomic E-state index is 12.1. The summed E-state index contributed by atoms with van der Waals surface area (Å²) >= 11 is 0. The molecule has 2 aliphatic rings. The maximum atomic E-state index is 12.1. The monoisotopic (exact) mass is 445 g/mol. The van der Waals surface area contributed by atoms with Gasteiger partial charge in [-0.05, 0) is 77.3 Å². The van der Waals surface area contributed by atoms with E-state index in [0.29, 0.717) is 0 Å². The van der Waals surface area contributed by atoms with E-state index < -0.39 is 11.6 Å². The third-order valence-corrected chi connectivity index (χ3v) is 6.58. The molecular weight excluding hydrogens is 410 g/mol. The number of allylic oxidation sites excluding steroid dienone is 2. The molecule has 1 saturated heterocycles. The summed E-state index contributed by atoms with van der Waals surface area (Å²) < 4.78 is 5.01. The highest BCUT2D eigenvalue weighted by molar-refractivity contribution is 5.87. The van der Waals surface area contributed by atoms with Gasteiger partial charge in [0.25, 0.3) is 0 Å². The molecule has 4 rings (SSSR count). The molecule has 1 fully saturated rings. The second-order valence-corrected chi connectivity index (χ2v) is 10.1. The molecule has 1 aliphatic heterocycles. The summed E-state index contributed by atoms with van der Waals surface area (Å²) in [5, 5.41) is 10.6. The number of aliphatic hydroxyl groups is 1. The Kier molecular flexibility index (Phi) is 6.49. The number of anilines is 1. The van der Waals surface area contributed by atoms with Crippen molar-refractivity contribution >= 4 is 17.2 Å². The average Bonchev–Trinajstić information content (AvgIpc) is 3.34. The molecule has 1 atom stereocenters. The van der Waals surface area contributed by atoms with Crippen LogP contribution in [0.4, 0.5) is 5.69 Å². The molecule has 0 amide bonds. The van der Waals surface area contributed by atoms with Crippen molar-refractivity contribution in [1.29, 1.82) is 0 Å². The number of carbonyl (C=O) groups excluding carboxylic acids is 1. The summed E-state index contributed by atoms with van der Waals surface area (Å²) in [6.45, 7) is 11.1. The number of hydrogen-bond donors (Lipinski definition) is 1. The lowest BCUT2D eigenvalue weighted by molar-refractivity contribution is -0.159. The third kappa shape index (κ3) is 4.91. The number of esters is 1. The van der Waals surface area contributed by atoms with Crippen LogP contribution in [0.2, 0.25) is 0 Å². The molecule has 0 aromatic heterocycles. The molecule has 33 heavy (non-hydrogen) atoms. The van der Waals surface area contributed by atoms with Gasteiger partial charge in [0.2, 0.25) is 0 Å². The van der Waals surface area contributed by atoms with E-state index in [4.69, 9.17) is 4.74 Å². The number of carbonyl (C=O) groups is 1. The van der Waals surface area contributed by atoms with Crippen LogP contribution in [0.25, 0.3) is 16.7 Å². The third-order valence-electron chi connectivity index (χ3n) is 6.58. The molecule has 1 aliphatic carbocycles. The molecule has 0 spiro atoms. The van der Waals surface area contributed by atoms with E-state index in [9.17, 15) is 9.90 Å². The summed E-state index contributed by atoms with van der Waals surface area (Å²) in [5.41, 5.74) is 5.63. The normalized spacial score (nSPS) is 20.6. The average molecular weight is 446 g/mol. The van der Waals surface area contributed by atoms with Gasteiger partial charge < -0.3 is 14.7 Å². The second kappa shape index (κ2) is 9.18. The van der Waals surface area contributed by atoms with E-state index in [1.165, 1.54) is 29.7 Å². The van der Waals surface area contributed by atoms with Gasteiger partial charge in [0.1, 0.15) is 0 Å². The van der Waals surface area contributed by atoms with Crippen LogP contribution in [0.1, 0.15) is 58.1 Å². The van der Waals surface area contributed by atoms with Gasteiger partial charge in [0.05, 0.1) is 6.61 Å². The zero-order chi connectivity index (χ0) is 23.6. The first-order chi connectivity index (χ1) is 15.7. The van der Waals surface area contributed by atoms with Crippen molar-refractivity contribution in [1.82, 2.24) is 0 Å². The van der Waals surface area contributed by atoms with Crippen LogP contribution < -0.4 is 4.90 Å². The van der Waals surface area contributed by atoms with E-state index in [-0.39, 0.29) is 18.4 Å². The Balaban J connectivity index is 1.63. The Bertz CT molecular complexity index is 1090. The van der Waals surface area contributed by atoms with Crippen LogP contribution in [0, 0.1) is 0 Å². The van der Waals surface area contributed by atoms with Gasteiger partial charge in [-0.3, -0.25) is 0 Å². The van der Waals surface area contributed by atoms with Gasteiger partial charge in [0, 0.05) is 25.2 Å². The van der Waals surface area contributed by atoms with E-state index in [1.807, 2.05) is 12.2 Å². The largest absolute Gasteiger partial charge is 0.464 e. The quantitative estimate of drug-likeness (QED) is 0.583. The lowest BCUT2D eigenvalue weighted by Crippen LogP contribution is -2.38. The minimum absolute atomic E-state index is 0.0533. The van der Waals surface area contributed by atoms with Crippen LogP contribution >= 0.6 is 0 Å². The predicted octanol–water partition coefficient (Wildman–Crippen LogP) is 5.89. The van der Waals surface area contributed by atoms with Crippen LogP contribution in [0.15, 0.2) is 60.7 Å². The standard InChI is InChI=1S/C29H35NO3/c1-5-33-27(31)29(32)15-13-21(14-16-29)22-9-8-10-23(19-22)24-11-12-26(30-17-6-7-18-30)25(20-24)28(2,3)4/h8-15,19-20,32H,5-7,16-18H2,1-4H3. The molecular formula is C29H35NO3. The summed E-state index contributed by atoms with van der Waals surface area (Å²) in [6.07, 6.45) is 8.02. The summed E-state index contributed by atoms with van der Waals surface area (Å²) in [4.78, 5) is 14.6. The topological polar surface area (TPSA) is 49.8 Å². The van der Waals surface area contributed by atoms with Crippen LogP contribution in [0.5, 0.6) is 0 Å². The molecule has 174 valence electrons. The highest BCUT2D eigenvalue weighted by Gasteiger charge is 2.35. The molecule has 0 saturated carbocycles. The van der Waals surface area contributed by atoms with Gasteiger partial charge >= 0.3 is 5.97 Å². The summed E-state index contributed by atoms with van der Waals surface area (Å²) in [5.74, 6) is -0.599. The zero-order valence-electron chi connectivity index (χ0n) is 20.2. The Labute approximate surface area is 197 Å². The van der Waals surface area contributed by atoms with E-state index in [0.717, 1.165) is 29.8 Å². The van der Waals surface area contributed by atoms with Crippen molar-refractivity contribution in [2.45, 2.75) is 58.0 Å². The fourth-order valence-electron chi connectivity index (χ4n) is 4.68. The smallest absolute Gasteiger partial charge is 0.342 e. The van der Waals surface area contributed by atoms with Crippen molar-refractivity contribution in [3.63, 3.8) is 0 Å². The molecule has 0 radical (unpaired) electrons. The first-order valence-electron chi connectivity index (χ1n) is 12.0. The highest BCUT2D eigenvalue weighted by atomic mass is 16.5. The Hall–Kier alpha value is -2.85. The molecule has 0 bridgehead atoms. The fourth-order valence-corrected chi connectivity index (χ4v) is 4.68. The number of hydrogen-bond acceptors (Lipinski definition) is 4. The first kappa shape index (κ1) is 23.3. The van der Waals surface area contributed by atoms with Crippen molar-refractivity contribution in [2.24, 2.45) is 0 Å². The number of nitrogens with zero attached hydrogens (tertiary/aromatic N) is 1. The first-order valence-corrected chi connectivity index (χ1v) is 12.0. The van der Waals surface area contributed by atoms with Gasteiger partial charge in [0.15, 0.2) is 5.60 Å². The van der Waals surface area contributed by atoms with Crippen LogP contribution in [-0.2, 0) is 14.9 Å². The zero-order valence-corrected chi connectivity index (χ0v) is 20.2. The minimum atomic E-state index is -1.58. The van der Waals surface area contributed by atoms with Crippen molar-refractivity contribution in [2.75, 3.05) is 24.6 Å². The van der Waals surface area contributed by atoms with E-state index in [1.54, 1.807) is 13.0 Å². The van der Waals surface area contributed by atoms with Crippen LogP contribution in [-0.4, -0.2) is 36.4 Å². The Morgan fingerprint density at radius 1 is 1.06 bits per heavy atom. The number of ether oxygens (including phenoxy) is 1. The Morgan fingerprint density at radius 2 is 1.76 bits per heavy atom. The molecule has 4 nitrogen and oxygen atoms in total. The molecule has 1 N–H and O–H groups in total. The van der Waals surface area contributed by atoms with E-state index in [2.05, 4.69) is 68.1 Å². The fraction of sp³-hybridized carbons (Fsp3) is 0.414. The van der Waals surface area contributed by atoms with Crippen molar-refractivity contribution in [3.8, 4) is 11.1 Å². The number of benzene rings is 2. The molecule has 1 heterocycles. The maximum Gasteiger partial charge on any atom is 0.342 e. The molecule has 1 unspecified atom stereocenters. The second-order valence-electron chi connectivity index (χ2n) is 10.1. The van der Waals surface area contributed by atoms with Crippen LogP contribution in [0.3, 0.4) is 0 Å².